The van der Waals surface area contributed by atoms with E-state index in [1.807, 2.05) is 64.1 Å². The van der Waals surface area contributed by atoms with Crippen LogP contribution in [0.5, 0.6) is 5.75 Å². The zero-order valence-corrected chi connectivity index (χ0v) is 23.7. The molecule has 2 heterocycles. The van der Waals surface area contributed by atoms with Crippen LogP contribution in [0.25, 0.3) is 23.1 Å². The normalized spacial score (nSPS) is 13.1. The molecule has 2 aromatic carbocycles. The Hall–Kier alpha value is -3.71. The van der Waals surface area contributed by atoms with Gasteiger partial charge in [-0.15, -0.1) is 11.3 Å². The first-order valence-corrected chi connectivity index (χ1v) is 13.4. The van der Waals surface area contributed by atoms with Crippen molar-refractivity contribution >= 4 is 40.2 Å². The molecule has 0 aliphatic carbocycles. The highest BCUT2D eigenvalue weighted by molar-refractivity contribution is 7.07. The third-order valence-corrected chi connectivity index (χ3v) is 7.57. The Kier molecular flexibility index (Phi) is 7.61. The highest BCUT2D eigenvalue weighted by Gasteiger charge is 2.20. The Bertz CT molecular complexity index is 1750. The predicted molar refractivity (Wildman–Crippen MR) is 154 cm³/mol. The van der Waals surface area contributed by atoms with Crippen LogP contribution in [0, 0.1) is 12.3 Å². The van der Waals surface area contributed by atoms with Crippen LogP contribution in [0.2, 0.25) is 0 Å². The Balaban J connectivity index is 1.95. The number of thiazole rings is 1. The van der Waals surface area contributed by atoms with Crippen LogP contribution in [-0.4, -0.2) is 17.5 Å². The summed E-state index contributed by atoms with van der Waals surface area (Å²) in [6, 6.07) is 12.8. The lowest BCUT2D eigenvalue weighted by Gasteiger charge is -2.14. The van der Waals surface area contributed by atoms with Gasteiger partial charge in [0.15, 0.2) is 5.78 Å². The topological polar surface area (TPSA) is 78.5 Å². The highest BCUT2D eigenvalue weighted by Crippen LogP contribution is 2.27. The molecular formula is C31H33NO5S. The number of ether oxygens (including phenoxy) is 1. The van der Waals surface area contributed by atoms with E-state index in [0.29, 0.717) is 20.3 Å². The molecule has 0 radical (unpaired) electrons. The van der Waals surface area contributed by atoms with Crippen molar-refractivity contribution in [3.8, 4) is 5.75 Å². The number of carbonyl (C=O) groups is 1. The van der Waals surface area contributed by atoms with Crippen LogP contribution < -0.4 is 25.1 Å². The number of rotatable bonds is 6. The van der Waals surface area contributed by atoms with Crippen molar-refractivity contribution in [1.29, 1.82) is 0 Å². The fourth-order valence-corrected chi connectivity index (χ4v) is 5.33. The van der Waals surface area contributed by atoms with Gasteiger partial charge >= 0.3 is 5.63 Å². The quantitative estimate of drug-likeness (QED) is 0.336. The number of benzene rings is 2. The summed E-state index contributed by atoms with van der Waals surface area (Å²) in [7, 11) is 1.60. The summed E-state index contributed by atoms with van der Waals surface area (Å²) >= 11 is 1.26. The first-order valence-electron chi connectivity index (χ1n) is 12.6. The predicted octanol–water partition coefficient (Wildman–Crippen LogP) is 4.73. The van der Waals surface area contributed by atoms with Crippen LogP contribution in [0.1, 0.15) is 62.8 Å². The van der Waals surface area contributed by atoms with Crippen LogP contribution in [0.3, 0.4) is 0 Å². The van der Waals surface area contributed by atoms with Crippen LogP contribution in [0.4, 0.5) is 0 Å². The molecule has 6 nitrogen and oxygen atoms in total. The third kappa shape index (κ3) is 5.73. The van der Waals surface area contributed by atoms with E-state index in [2.05, 4.69) is 13.8 Å². The highest BCUT2D eigenvalue weighted by atomic mass is 32.1. The van der Waals surface area contributed by atoms with E-state index in [1.54, 1.807) is 17.8 Å². The molecule has 0 saturated carbocycles. The maximum Gasteiger partial charge on any atom is 0.336 e. The molecule has 0 aliphatic heterocycles. The van der Waals surface area contributed by atoms with Gasteiger partial charge in [0.1, 0.15) is 16.0 Å². The standard InChI is InChI=1S/C31H33NO5S/c1-18(2)23-15-24-21(14-29(34)37-25(24)12-19(23)3)17-32-28(16-27(33)31(4,5)6)38-26(30(32)35)13-20-8-10-22(36-7)11-9-20/h8-16,18H,17H2,1-7H3. The van der Waals surface area contributed by atoms with Gasteiger partial charge in [-0.2, -0.15) is 0 Å². The van der Waals surface area contributed by atoms with Crippen molar-refractivity contribution in [2.24, 2.45) is 5.41 Å². The zero-order valence-electron chi connectivity index (χ0n) is 22.9. The summed E-state index contributed by atoms with van der Waals surface area (Å²) in [6.45, 7) is 11.9. The Morgan fingerprint density at radius 1 is 1.11 bits per heavy atom. The number of methoxy groups -OCH3 is 1. The maximum atomic E-state index is 13.7. The lowest BCUT2D eigenvalue weighted by Crippen LogP contribution is -2.33. The van der Waals surface area contributed by atoms with Gasteiger partial charge in [-0.3, -0.25) is 14.2 Å². The van der Waals surface area contributed by atoms with Gasteiger partial charge in [0.2, 0.25) is 0 Å². The lowest BCUT2D eigenvalue weighted by molar-refractivity contribution is -0.120. The van der Waals surface area contributed by atoms with E-state index in [9.17, 15) is 14.4 Å². The molecule has 0 bridgehead atoms. The van der Waals surface area contributed by atoms with Crippen molar-refractivity contribution in [3.63, 3.8) is 0 Å². The molecule has 0 fully saturated rings. The Labute approximate surface area is 225 Å². The van der Waals surface area contributed by atoms with Gasteiger partial charge in [0, 0.05) is 22.9 Å². The van der Waals surface area contributed by atoms with Crippen molar-refractivity contribution in [1.82, 2.24) is 4.57 Å². The molecule has 0 unspecified atom stereocenters. The summed E-state index contributed by atoms with van der Waals surface area (Å²) in [5, 5.41) is 0.783. The molecule has 7 heteroatoms. The van der Waals surface area contributed by atoms with Crippen LogP contribution in [0.15, 0.2) is 56.5 Å². The average Bonchev–Trinajstić information content (AvgIpc) is 3.12. The number of fused-ring (bicyclic) bond motifs is 1. The molecule has 198 valence electrons. The van der Waals surface area contributed by atoms with E-state index in [-0.39, 0.29) is 23.8 Å². The Morgan fingerprint density at radius 3 is 2.39 bits per heavy atom. The average molecular weight is 532 g/mol. The number of carbonyl (C=O) groups excluding carboxylic acids is 1. The molecule has 0 saturated heterocycles. The van der Waals surface area contributed by atoms with Gasteiger partial charge in [0.25, 0.3) is 5.56 Å². The molecule has 0 atom stereocenters. The first-order chi connectivity index (χ1) is 17.9. The number of ketones is 1. The second-order valence-corrected chi connectivity index (χ2v) is 11.9. The van der Waals surface area contributed by atoms with Crippen molar-refractivity contribution in [3.05, 3.63) is 94.7 Å². The molecule has 38 heavy (non-hydrogen) atoms. The number of hydrogen-bond donors (Lipinski definition) is 0. The van der Waals surface area contributed by atoms with E-state index in [0.717, 1.165) is 27.8 Å². The van der Waals surface area contributed by atoms with Gasteiger partial charge in [-0.05, 0) is 65.4 Å². The smallest absolute Gasteiger partial charge is 0.336 e. The minimum Gasteiger partial charge on any atom is -0.497 e. The van der Waals surface area contributed by atoms with Gasteiger partial charge in [-0.1, -0.05) is 46.8 Å². The second kappa shape index (κ2) is 10.6. The van der Waals surface area contributed by atoms with E-state index in [4.69, 9.17) is 9.15 Å². The molecule has 0 amide bonds. The fourth-order valence-electron chi connectivity index (χ4n) is 4.29. The molecule has 0 N–H and O–H groups in total. The second-order valence-electron chi connectivity index (χ2n) is 10.8. The number of aromatic nitrogens is 1. The molecular weight excluding hydrogens is 498 g/mol. The molecule has 0 aliphatic rings. The summed E-state index contributed by atoms with van der Waals surface area (Å²) in [5.41, 5.74) is 2.88. The monoisotopic (exact) mass is 531 g/mol. The van der Waals surface area contributed by atoms with Crippen molar-refractivity contribution in [2.75, 3.05) is 7.11 Å². The molecule has 4 rings (SSSR count). The number of aryl methyl sites for hydroxylation is 1. The van der Waals surface area contributed by atoms with Gasteiger partial charge in [-0.25, -0.2) is 4.79 Å². The maximum absolute atomic E-state index is 13.7. The summed E-state index contributed by atoms with van der Waals surface area (Å²) < 4.78 is 13.3. The third-order valence-electron chi connectivity index (χ3n) is 6.51. The minimum absolute atomic E-state index is 0.0846. The Morgan fingerprint density at radius 2 is 1.79 bits per heavy atom. The fraction of sp³-hybridized carbons (Fsp3) is 0.323. The van der Waals surface area contributed by atoms with Crippen molar-refractivity contribution < 1.29 is 13.9 Å². The van der Waals surface area contributed by atoms with Crippen LogP contribution in [-0.2, 0) is 11.3 Å². The van der Waals surface area contributed by atoms with E-state index >= 15 is 0 Å². The SMILES string of the molecule is COc1ccc(C=c2sc(=CC(=O)C(C)(C)C)n(Cc3cc(=O)oc4cc(C)c(C(C)C)cc34)c2=O)cc1. The van der Waals surface area contributed by atoms with Gasteiger partial charge in [0.05, 0.1) is 18.2 Å². The molecule has 2 aromatic heterocycles. The minimum atomic E-state index is -0.602. The number of nitrogens with zero attached hydrogens (tertiary/aromatic N) is 1. The van der Waals surface area contributed by atoms with Gasteiger partial charge < -0.3 is 9.15 Å². The zero-order chi connectivity index (χ0) is 27.8. The number of Topliss-reactive ketones (excluding diaryl/α,β-unsaturated/α-hetero) is 1. The van der Waals surface area contributed by atoms with Crippen molar-refractivity contribution in [2.45, 2.75) is 54.0 Å². The summed E-state index contributed by atoms with van der Waals surface area (Å²) in [5.74, 6) is 0.919. The lowest BCUT2D eigenvalue weighted by atomic mass is 9.91. The van der Waals surface area contributed by atoms with E-state index < -0.39 is 11.0 Å². The summed E-state index contributed by atoms with van der Waals surface area (Å²) in [6.07, 6.45) is 3.34. The first kappa shape index (κ1) is 27.3. The van der Waals surface area contributed by atoms with E-state index in [1.165, 1.54) is 23.5 Å². The summed E-state index contributed by atoms with van der Waals surface area (Å²) in [4.78, 5) is 39.1. The molecule has 0 spiro atoms. The molecule has 4 aromatic rings. The van der Waals surface area contributed by atoms with Crippen LogP contribution >= 0.6 is 11.3 Å². The largest absolute Gasteiger partial charge is 0.497 e. The number of hydrogen-bond acceptors (Lipinski definition) is 6.